The van der Waals surface area contributed by atoms with E-state index in [1.165, 1.54) is 0 Å². The molecule has 0 aromatic heterocycles. The van der Waals surface area contributed by atoms with Gasteiger partial charge in [0.15, 0.2) is 5.71 Å². The lowest BCUT2D eigenvalue weighted by Gasteiger charge is -2.28. The van der Waals surface area contributed by atoms with Crippen LogP contribution in [-0.2, 0) is 14.4 Å². The molecule has 7 heteroatoms. The zero-order valence-corrected chi connectivity index (χ0v) is 11.6. The molecule has 0 saturated carbocycles. The van der Waals surface area contributed by atoms with E-state index >= 15 is 0 Å². The zero-order chi connectivity index (χ0) is 13.7. The van der Waals surface area contributed by atoms with Crippen molar-refractivity contribution in [1.82, 2.24) is 4.90 Å². The van der Waals surface area contributed by atoms with Crippen LogP contribution in [0, 0.1) is 0 Å². The number of amides is 1. The van der Waals surface area contributed by atoms with Crippen molar-refractivity contribution < 1.29 is 19.5 Å². The van der Waals surface area contributed by atoms with Crippen LogP contribution in [0.4, 0.5) is 0 Å². The highest BCUT2D eigenvalue weighted by atomic mass is 32.2. The molecule has 102 valence electrons. The maximum absolute atomic E-state index is 12.1. The quantitative estimate of drug-likeness (QED) is 0.775. The molecule has 2 unspecified atom stereocenters. The summed E-state index contributed by atoms with van der Waals surface area (Å²) in [6, 6.07) is 0.130. The number of carbonyl (C=O) groups excluding carboxylic acids is 1. The summed E-state index contributed by atoms with van der Waals surface area (Å²) in [6.07, 6.45) is 2.08. The Kier molecular flexibility index (Phi) is 5.46. The highest BCUT2D eigenvalue weighted by molar-refractivity contribution is 7.98. The van der Waals surface area contributed by atoms with Gasteiger partial charge in [-0.3, -0.25) is 4.79 Å². The average molecular weight is 274 g/mol. The molecule has 1 N–H and O–H groups in total. The van der Waals surface area contributed by atoms with Crippen LogP contribution in [-0.4, -0.2) is 58.8 Å². The molecule has 0 aliphatic carbocycles. The van der Waals surface area contributed by atoms with Crippen LogP contribution in [0.5, 0.6) is 0 Å². The van der Waals surface area contributed by atoms with Crippen molar-refractivity contribution in [3.05, 3.63) is 0 Å². The number of likely N-dealkylation sites (N-methyl/N-ethyl adjacent to an activating group) is 1. The van der Waals surface area contributed by atoms with E-state index in [0.29, 0.717) is 0 Å². The summed E-state index contributed by atoms with van der Waals surface area (Å²) in [5.41, 5.74) is -0.0975. The average Bonchev–Trinajstić information content (AvgIpc) is 2.83. The molecule has 1 aliphatic heterocycles. The lowest BCUT2D eigenvalue weighted by atomic mass is 10.1. The standard InChI is InChI=1S/C11H18N2O4S/c1-4-7(6-18-3)13(2)10(14)9-5-8(11(15)16)12-17-9/h7,9H,4-6H2,1-3H3,(H,15,16). The van der Waals surface area contributed by atoms with Gasteiger partial charge in [-0.25, -0.2) is 4.79 Å². The maximum Gasteiger partial charge on any atom is 0.353 e. The number of carboxylic acid groups (broad SMARTS) is 1. The fraction of sp³-hybridized carbons (Fsp3) is 0.727. The first-order valence-corrected chi connectivity index (χ1v) is 7.12. The third-order valence-corrected chi connectivity index (χ3v) is 3.63. The highest BCUT2D eigenvalue weighted by Gasteiger charge is 2.34. The third-order valence-electron chi connectivity index (χ3n) is 2.92. The van der Waals surface area contributed by atoms with Crippen LogP contribution >= 0.6 is 11.8 Å². The molecule has 0 fully saturated rings. The van der Waals surface area contributed by atoms with E-state index in [1.807, 2.05) is 13.2 Å². The van der Waals surface area contributed by atoms with Gasteiger partial charge in [0.2, 0.25) is 6.10 Å². The summed E-state index contributed by atoms with van der Waals surface area (Å²) in [4.78, 5) is 29.3. The molecule has 0 aromatic rings. The van der Waals surface area contributed by atoms with Crippen LogP contribution in [0.25, 0.3) is 0 Å². The van der Waals surface area contributed by atoms with Gasteiger partial charge >= 0.3 is 5.97 Å². The molecular formula is C11H18N2O4S. The predicted molar refractivity (Wildman–Crippen MR) is 69.8 cm³/mol. The monoisotopic (exact) mass is 274 g/mol. The third kappa shape index (κ3) is 3.38. The number of hydrogen-bond acceptors (Lipinski definition) is 5. The smallest absolute Gasteiger partial charge is 0.353 e. The number of rotatable bonds is 6. The minimum Gasteiger partial charge on any atom is -0.477 e. The Morgan fingerprint density at radius 1 is 1.67 bits per heavy atom. The van der Waals surface area contributed by atoms with E-state index in [1.54, 1.807) is 23.7 Å². The molecular weight excluding hydrogens is 256 g/mol. The number of carbonyl (C=O) groups is 2. The Bertz CT molecular complexity index is 359. The second kappa shape index (κ2) is 6.63. The van der Waals surface area contributed by atoms with Crippen molar-refractivity contribution in [3.63, 3.8) is 0 Å². The van der Waals surface area contributed by atoms with Crippen molar-refractivity contribution in [2.45, 2.75) is 31.9 Å². The van der Waals surface area contributed by atoms with Crippen molar-refractivity contribution in [2.24, 2.45) is 5.16 Å². The Labute approximate surface area is 110 Å². The van der Waals surface area contributed by atoms with Crippen LogP contribution in [0.3, 0.4) is 0 Å². The second-order valence-corrected chi connectivity index (χ2v) is 5.02. The Morgan fingerprint density at radius 2 is 2.33 bits per heavy atom. The summed E-state index contributed by atoms with van der Waals surface area (Å²) in [5.74, 6) is -0.502. The normalized spacial score (nSPS) is 19.9. The van der Waals surface area contributed by atoms with Crippen molar-refractivity contribution in [2.75, 3.05) is 19.1 Å². The fourth-order valence-corrected chi connectivity index (χ4v) is 2.58. The van der Waals surface area contributed by atoms with E-state index < -0.39 is 12.1 Å². The molecule has 1 rings (SSSR count). The van der Waals surface area contributed by atoms with Crippen molar-refractivity contribution in [3.8, 4) is 0 Å². The molecule has 0 spiro atoms. The summed E-state index contributed by atoms with van der Waals surface area (Å²) in [6.45, 7) is 2.01. The molecule has 1 amide bonds. The van der Waals surface area contributed by atoms with E-state index in [-0.39, 0.29) is 24.1 Å². The number of carboxylic acids is 1. The van der Waals surface area contributed by atoms with Gasteiger partial charge in [-0.2, -0.15) is 11.8 Å². The Balaban J connectivity index is 2.58. The minimum atomic E-state index is -1.14. The molecule has 18 heavy (non-hydrogen) atoms. The van der Waals surface area contributed by atoms with Crippen LogP contribution in [0.15, 0.2) is 5.16 Å². The molecule has 0 saturated heterocycles. The maximum atomic E-state index is 12.1. The minimum absolute atomic E-state index is 0.0359. The second-order valence-electron chi connectivity index (χ2n) is 4.11. The van der Waals surface area contributed by atoms with Crippen molar-refractivity contribution >= 4 is 29.4 Å². The first-order chi connectivity index (χ1) is 8.51. The lowest BCUT2D eigenvalue weighted by molar-refractivity contribution is -0.142. The molecule has 0 radical (unpaired) electrons. The molecule has 2 atom stereocenters. The van der Waals surface area contributed by atoms with E-state index in [4.69, 9.17) is 9.94 Å². The SMILES string of the molecule is CCC(CSC)N(C)C(=O)C1CC(C(=O)O)=NO1. The highest BCUT2D eigenvalue weighted by Crippen LogP contribution is 2.16. The molecule has 6 nitrogen and oxygen atoms in total. The van der Waals surface area contributed by atoms with Crippen molar-refractivity contribution in [1.29, 1.82) is 0 Å². The molecule has 1 aliphatic rings. The van der Waals surface area contributed by atoms with E-state index in [2.05, 4.69) is 5.16 Å². The van der Waals surface area contributed by atoms with Gasteiger partial charge in [-0.1, -0.05) is 12.1 Å². The van der Waals surface area contributed by atoms with Gasteiger partial charge in [0, 0.05) is 25.3 Å². The first kappa shape index (κ1) is 14.8. The van der Waals surface area contributed by atoms with Crippen LogP contribution in [0.2, 0.25) is 0 Å². The number of oxime groups is 1. The molecule has 0 bridgehead atoms. The summed E-state index contributed by atoms with van der Waals surface area (Å²) >= 11 is 1.67. The van der Waals surface area contributed by atoms with Gasteiger partial charge in [-0.05, 0) is 12.7 Å². The Morgan fingerprint density at radius 3 is 2.78 bits per heavy atom. The zero-order valence-electron chi connectivity index (χ0n) is 10.8. The number of hydrogen-bond donors (Lipinski definition) is 1. The largest absolute Gasteiger partial charge is 0.477 e. The fourth-order valence-electron chi connectivity index (χ4n) is 1.74. The number of nitrogens with zero attached hydrogens (tertiary/aromatic N) is 2. The van der Waals surface area contributed by atoms with E-state index in [0.717, 1.165) is 12.2 Å². The topological polar surface area (TPSA) is 79.2 Å². The first-order valence-electron chi connectivity index (χ1n) is 5.72. The lowest BCUT2D eigenvalue weighted by Crippen LogP contribution is -2.44. The number of aliphatic carboxylic acids is 1. The van der Waals surface area contributed by atoms with Crippen LogP contribution in [0.1, 0.15) is 19.8 Å². The predicted octanol–water partition coefficient (Wildman–Crippen LogP) is 0.816. The van der Waals surface area contributed by atoms with Crippen LogP contribution < -0.4 is 0 Å². The molecule has 1 heterocycles. The summed E-state index contributed by atoms with van der Waals surface area (Å²) in [5, 5.41) is 12.2. The summed E-state index contributed by atoms with van der Waals surface area (Å²) in [7, 11) is 1.72. The number of thioether (sulfide) groups is 1. The van der Waals surface area contributed by atoms with Gasteiger partial charge in [0.1, 0.15) is 0 Å². The Hall–Kier alpha value is -1.24. The van der Waals surface area contributed by atoms with Gasteiger partial charge < -0.3 is 14.8 Å². The van der Waals surface area contributed by atoms with Gasteiger partial charge in [0.05, 0.1) is 0 Å². The van der Waals surface area contributed by atoms with Gasteiger partial charge in [-0.15, -0.1) is 0 Å². The van der Waals surface area contributed by atoms with Gasteiger partial charge in [0.25, 0.3) is 5.91 Å². The molecule has 0 aromatic carbocycles. The van der Waals surface area contributed by atoms with E-state index in [9.17, 15) is 9.59 Å². The summed E-state index contributed by atoms with van der Waals surface area (Å²) < 4.78 is 0.